The lowest BCUT2D eigenvalue weighted by molar-refractivity contribution is -0.116. The van der Waals surface area contributed by atoms with E-state index in [-0.39, 0.29) is 22.6 Å². The molecule has 4 nitrogen and oxygen atoms in total. The van der Waals surface area contributed by atoms with Gasteiger partial charge in [-0.25, -0.2) is 0 Å². The van der Waals surface area contributed by atoms with Gasteiger partial charge < -0.3 is 0 Å². The second kappa shape index (κ2) is 9.25. The Morgan fingerprint density at radius 1 is 0.594 bits per heavy atom. The zero-order valence-electron chi connectivity index (χ0n) is 16.8. The van der Waals surface area contributed by atoms with Gasteiger partial charge in [0.1, 0.15) is 10.7 Å². The van der Waals surface area contributed by atoms with Crippen LogP contribution in [0.2, 0.25) is 0 Å². The zero-order valence-corrected chi connectivity index (χ0v) is 21.6. The molecule has 2 aliphatic heterocycles. The van der Waals surface area contributed by atoms with Gasteiger partial charge in [0.15, 0.2) is 0 Å². The Morgan fingerprint density at radius 2 is 0.938 bits per heavy atom. The molecular formula is C24H18Br2N2O2S2. The van der Waals surface area contributed by atoms with Crippen molar-refractivity contribution in [3.8, 4) is 0 Å². The minimum atomic E-state index is -0.0573. The lowest BCUT2D eigenvalue weighted by Gasteiger charge is -2.26. The van der Waals surface area contributed by atoms with Gasteiger partial charge in [0.25, 0.3) is 0 Å². The molecule has 2 saturated heterocycles. The number of thioether (sulfide) groups is 2. The van der Waals surface area contributed by atoms with Gasteiger partial charge >= 0.3 is 0 Å². The maximum Gasteiger partial charge on any atom is 0.238 e. The van der Waals surface area contributed by atoms with Gasteiger partial charge in [-0.2, -0.15) is 0 Å². The number of halogens is 2. The third kappa shape index (κ3) is 4.25. The van der Waals surface area contributed by atoms with Crippen molar-refractivity contribution in [3.63, 3.8) is 0 Å². The van der Waals surface area contributed by atoms with Crippen LogP contribution in [-0.2, 0) is 9.59 Å². The van der Waals surface area contributed by atoms with Crippen LogP contribution in [0.1, 0.15) is 21.9 Å². The van der Waals surface area contributed by atoms with E-state index in [4.69, 9.17) is 0 Å². The topological polar surface area (TPSA) is 40.6 Å². The van der Waals surface area contributed by atoms with Gasteiger partial charge in [-0.05, 0) is 59.7 Å². The van der Waals surface area contributed by atoms with E-state index < -0.39 is 0 Å². The first kappa shape index (κ1) is 22.1. The number of rotatable bonds is 4. The molecule has 2 atom stereocenters. The summed E-state index contributed by atoms with van der Waals surface area (Å²) < 4.78 is 1.97. The summed E-state index contributed by atoms with van der Waals surface area (Å²) in [6, 6.07) is 24.0. The van der Waals surface area contributed by atoms with E-state index in [2.05, 4.69) is 56.1 Å². The van der Waals surface area contributed by atoms with E-state index >= 15 is 0 Å². The van der Waals surface area contributed by atoms with Crippen molar-refractivity contribution < 1.29 is 9.59 Å². The number of hydrogen-bond acceptors (Lipinski definition) is 4. The minimum Gasteiger partial charge on any atom is -0.295 e. The third-order valence-electron chi connectivity index (χ3n) is 5.45. The molecule has 0 aliphatic carbocycles. The van der Waals surface area contributed by atoms with Crippen molar-refractivity contribution >= 4 is 78.6 Å². The van der Waals surface area contributed by atoms with Crippen LogP contribution in [0.25, 0.3) is 0 Å². The third-order valence-corrected chi connectivity index (χ3v) is 8.93. The van der Waals surface area contributed by atoms with Crippen LogP contribution in [0, 0.1) is 0 Å². The smallest absolute Gasteiger partial charge is 0.238 e. The Bertz CT molecular complexity index is 1060. The number of anilines is 2. The fourth-order valence-electron chi connectivity index (χ4n) is 3.93. The fraction of sp³-hybridized carbons (Fsp3) is 0.167. The molecule has 2 aliphatic rings. The Hall–Kier alpha value is -1.74. The quantitative estimate of drug-likeness (QED) is 0.337. The summed E-state index contributed by atoms with van der Waals surface area (Å²) in [5, 5.41) is -0.115. The molecule has 0 spiro atoms. The zero-order chi connectivity index (χ0) is 22.2. The molecule has 0 radical (unpaired) electrons. The summed E-state index contributed by atoms with van der Waals surface area (Å²) in [5.74, 6) is 1.16. The normalized spacial score (nSPS) is 20.9. The molecule has 5 rings (SSSR count). The van der Waals surface area contributed by atoms with Gasteiger partial charge in [-0.15, -0.1) is 23.5 Å². The van der Waals surface area contributed by atoms with Gasteiger partial charge in [-0.3, -0.25) is 19.4 Å². The fourth-order valence-corrected chi connectivity index (χ4v) is 6.81. The number of amides is 2. The number of carbonyl (C=O) groups excluding carboxylic acids is 2. The predicted molar refractivity (Wildman–Crippen MR) is 140 cm³/mol. The Morgan fingerprint density at radius 3 is 1.28 bits per heavy atom. The van der Waals surface area contributed by atoms with E-state index in [1.165, 1.54) is 0 Å². The Labute approximate surface area is 212 Å². The predicted octanol–water partition coefficient (Wildman–Crippen LogP) is 6.77. The monoisotopic (exact) mass is 588 g/mol. The van der Waals surface area contributed by atoms with Gasteiger partial charge in [0.2, 0.25) is 11.8 Å². The molecule has 2 fully saturated rings. The van der Waals surface area contributed by atoms with Gasteiger partial charge in [-0.1, -0.05) is 56.1 Å². The Balaban J connectivity index is 1.41. The van der Waals surface area contributed by atoms with Crippen molar-refractivity contribution in [2.75, 3.05) is 21.3 Å². The number of carbonyl (C=O) groups is 2. The van der Waals surface area contributed by atoms with E-state index in [0.717, 1.165) is 31.4 Å². The molecule has 162 valence electrons. The molecule has 0 saturated carbocycles. The molecule has 2 amide bonds. The van der Waals surface area contributed by atoms with Crippen molar-refractivity contribution in [3.05, 3.63) is 92.9 Å². The first-order chi connectivity index (χ1) is 15.5. The van der Waals surface area contributed by atoms with E-state index in [1.807, 2.05) is 58.3 Å². The Kier molecular flexibility index (Phi) is 6.38. The maximum absolute atomic E-state index is 12.6. The van der Waals surface area contributed by atoms with Crippen molar-refractivity contribution in [1.82, 2.24) is 0 Å². The average molecular weight is 590 g/mol. The SMILES string of the molecule is O=C1CSC(c2ccc(C3SCC(=O)N3c3ccc(Br)cc3)cc2)N1c1ccc(Br)cc1. The van der Waals surface area contributed by atoms with Gasteiger partial charge in [0, 0.05) is 20.3 Å². The molecule has 3 aromatic carbocycles. The number of nitrogens with zero attached hydrogens (tertiary/aromatic N) is 2. The highest BCUT2D eigenvalue weighted by Gasteiger charge is 2.36. The summed E-state index contributed by atoms with van der Waals surface area (Å²) in [6.45, 7) is 0. The van der Waals surface area contributed by atoms with Crippen LogP contribution in [0.4, 0.5) is 11.4 Å². The molecule has 0 bridgehead atoms. The standard InChI is InChI=1S/C24H18Br2N2O2S2/c25-17-5-9-19(10-6-17)27-21(29)13-31-23(27)15-1-2-16(4-3-15)24-28(22(30)14-32-24)20-11-7-18(26)8-12-20/h1-12,23-24H,13-14H2. The largest absolute Gasteiger partial charge is 0.295 e. The maximum atomic E-state index is 12.6. The van der Waals surface area contributed by atoms with Crippen molar-refractivity contribution in [1.29, 1.82) is 0 Å². The van der Waals surface area contributed by atoms with Crippen molar-refractivity contribution in [2.24, 2.45) is 0 Å². The summed E-state index contributed by atoms with van der Waals surface area (Å²) in [6.07, 6.45) is 0. The second-order valence-electron chi connectivity index (χ2n) is 7.47. The molecule has 0 N–H and O–H groups in total. The highest BCUT2D eigenvalue weighted by molar-refractivity contribution is 9.10. The van der Waals surface area contributed by atoms with Crippen LogP contribution < -0.4 is 9.80 Å². The van der Waals surface area contributed by atoms with Crippen LogP contribution in [0.15, 0.2) is 81.7 Å². The highest BCUT2D eigenvalue weighted by Crippen LogP contribution is 2.45. The summed E-state index contributed by atoms with van der Waals surface area (Å²) in [5.41, 5.74) is 3.96. The van der Waals surface area contributed by atoms with E-state index in [9.17, 15) is 9.59 Å². The van der Waals surface area contributed by atoms with Crippen LogP contribution in [0.3, 0.4) is 0 Å². The molecule has 8 heteroatoms. The lowest BCUT2D eigenvalue weighted by atomic mass is 10.1. The average Bonchev–Trinajstić information content (AvgIpc) is 3.38. The molecule has 3 aromatic rings. The van der Waals surface area contributed by atoms with Crippen LogP contribution in [0.5, 0.6) is 0 Å². The summed E-state index contributed by atoms with van der Waals surface area (Å²) in [4.78, 5) is 29.0. The number of benzene rings is 3. The van der Waals surface area contributed by atoms with Crippen LogP contribution >= 0.6 is 55.4 Å². The molecule has 0 aromatic heterocycles. The molecule has 2 unspecified atom stereocenters. The first-order valence-corrected chi connectivity index (χ1v) is 13.7. The molecular weight excluding hydrogens is 572 g/mol. The first-order valence-electron chi connectivity index (χ1n) is 9.99. The minimum absolute atomic E-state index is 0.0573. The lowest BCUT2D eigenvalue weighted by Crippen LogP contribution is -2.28. The molecule has 2 heterocycles. The molecule has 32 heavy (non-hydrogen) atoms. The van der Waals surface area contributed by atoms with Crippen LogP contribution in [-0.4, -0.2) is 23.3 Å². The highest BCUT2D eigenvalue weighted by atomic mass is 79.9. The number of hydrogen-bond donors (Lipinski definition) is 0. The second-order valence-corrected chi connectivity index (χ2v) is 11.4. The summed E-state index contributed by atoms with van der Waals surface area (Å²) >= 11 is 10.2. The van der Waals surface area contributed by atoms with E-state index in [1.54, 1.807) is 23.5 Å². The summed E-state index contributed by atoms with van der Waals surface area (Å²) in [7, 11) is 0. The van der Waals surface area contributed by atoms with Gasteiger partial charge in [0.05, 0.1) is 11.5 Å². The van der Waals surface area contributed by atoms with E-state index in [0.29, 0.717) is 11.5 Å². The van der Waals surface area contributed by atoms with Crippen molar-refractivity contribution in [2.45, 2.75) is 10.7 Å².